The average Bonchev–Trinajstić information content (AvgIpc) is 3.52. The summed E-state index contributed by atoms with van der Waals surface area (Å²) in [4.78, 5) is 18.6. The van der Waals surface area contributed by atoms with Crippen molar-refractivity contribution >= 4 is 13.2 Å². The van der Waals surface area contributed by atoms with Crippen molar-refractivity contribution in [1.82, 2.24) is 9.80 Å². The van der Waals surface area contributed by atoms with E-state index in [1.54, 1.807) is 0 Å². The number of rotatable bonds is 6. The molecule has 0 radical (unpaired) electrons. The van der Waals surface area contributed by atoms with Gasteiger partial charge in [-0.15, -0.1) is 0 Å². The number of benzene rings is 3. The molecule has 0 aromatic heterocycles. The molecule has 2 saturated heterocycles. The molecule has 3 aromatic carbocycles. The van der Waals surface area contributed by atoms with Gasteiger partial charge in [0.25, 0.3) is 0 Å². The highest BCUT2D eigenvalue weighted by Gasteiger charge is 2.67. The minimum atomic E-state index is -0.617. The van der Waals surface area contributed by atoms with Crippen LogP contribution in [0, 0.1) is 0 Å². The molecule has 42 heavy (non-hydrogen) atoms. The van der Waals surface area contributed by atoms with E-state index in [1.165, 1.54) is 16.7 Å². The standard InChI is InChI=1S/C35H43BN2O4/c1-33(2,3)40-32(39)38-29-26-20-14-15-21-27(26)30(38)31(28(29)36-41-34(4,5)35(6,7)42-36)37(22-24-16-10-8-11-17-24)23-25-18-12-9-13-19-25/h8-21,28-31H,22-23H2,1-7H3/t28-,29-,30+,31-/m1/s1. The number of carbonyl (C=O) groups excluding carboxylic acids is 1. The average molecular weight is 567 g/mol. The topological polar surface area (TPSA) is 51.2 Å². The molecule has 0 unspecified atom stereocenters. The number of hydrogen-bond donors (Lipinski definition) is 0. The summed E-state index contributed by atoms with van der Waals surface area (Å²) in [7, 11) is -0.498. The van der Waals surface area contributed by atoms with Crippen LogP contribution >= 0.6 is 0 Å². The van der Waals surface area contributed by atoms with Crippen molar-refractivity contribution in [2.24, 2.45) is 0 Å². The van der Waals surface area contributed by atoms with Crippen molar-refractivity contribution in [1.29, 1.82) is 0 Å². The van der Waals surface area contributed by atoms with E-state index in [1.807, 2.05) is 25.7 Å². The molecule has 0 aliphatic carbocycles. The lowest BCUT2D eigenvalue weighted by Gasteiger charge is -2.40. The zero-order chi connectivity index (χ0) is 29.9. The molecule has 220 valence electrons. The Hall–Kier alpha value is -3.13. The summed E-state index contributed by atoms with van der Waals surface area (Å²) in [5.74, 6) is -0.133. The van der Waals surface area contributed by atoms with Gasteiger partial charge in [-0.2, -0.15) is 0 Å². The lowest BCUT2D eigenvalue weighted by molar-refractivity contribution is 0.00578. The third kappa shape index (κ3) is 5.16. The number of ether oxygens (including phenoxy) is 1. The maximum absolute atomic E-state index is 14.1. The quantitative estimate of drug-likeness (QED) is 0.288. The molecular weight excluding hydrogens is 523 g/mol. The van der Waals surface area contributed by atoms with Crippen LogP contribution < -0.4 is 0 Å². The van der Waals surface area contributed by atoms with E-state index in [0.29, 0.717) is 0 Å². The predicted octanol–water partition coefficient (Wildman–Crippen LogP) is 7.57. The smallest absolute Gasteiger partial charge is 0.444 e. The molecule has 0 spiro atoms. The molecule has 4 atom stereocenters. The van der Waals surface area contributed by atoms with Gasteiger partial charge in [-0.3, -0.25) is 9.80 Å². The van der Waals surface area contributed by atoms with Crippen LogP contribution in [0.3, 0.4) is 0 Å². The van der Waals surface area contributed by atoms with Gasteiger partial charge in [-0.1, -0.05) is 84.9 Å². The molecular formula is C35H43BN2O4. The highest BCUT2D eigenvalue weighted by atomic mass is 16.7. The molecule has 7 heteroatoms. The van der Waals surface area contributed by atoms with Gasteiger partial charge in [-0.25, -0.2) is 4.79 Å². The van der Waals surface area contributed by atoms with Crippen LogP contribution in [0.1, 0.15) is 82.8 Å². The summed E-state index contributed by atoms with van der Waals surface area (Å²) in [5.41, 5.74) is 3.17. The Morgan fingerprint density at radius 3 is 1.71 bits per heavy atom. The van der Waals surface area contributed by atoms with Gasteiger partial charge in [0.05, 0.1) is 23.3 Å². The van der Waals surface area contributed by atoms with Crippen LogP contribution in [0.15, 0.2) is 84.9 Å². The first-order chi connectivity index (χ1) is 19.9. The Bertz CT molecular complexity index is 1360. The van der Waals surface area contributed by atoms with E-state index >= 15 is 0 Å². The van der Waals surface area contributed by atoms with Gasteiger partial charge >= 0.3 is 13.2 Å². The molecule has 2 fully saturated rings. The van der Waals surface area contributed by atoms with Crippen LogP contribution in [-0.2, 0) is 27.1 Å². The summed E-state index contributed by atoms with van der Waals surface area (Å²) in [6.07, 6.45) is -0.294. The normalized spacial score (nSPS) is 25.6. The lowest BCUT2D eigenvalue weighted by Crippen LogP contribution is -2.46. The Kier molecular flexibility index (Phi) is 7.28. The maximum atomic E-state index is 14.1. The van der Waals surface area contributed by atoms with Gasteiger partial charge in [-0.05, 0) is 70.7 Å². The Labute approximate surface area is 251 Å². The molecule has 0 N–H and O–H groups in total. The van der Waals surface area contributed by atoms with Crippen molar-refractivity contribution < 1.29 is 18.8 Å². The largest absolute Gasteiger partial charge is 0.465 e. The van der Waals surface area contributed by atoms with Gasteiger partial charge in [0.1, 0.15) is 5.60 Å². The molecule has 0 saturated carbocycles. The predicted molar refractivity (Wildman–Crippen MR) is 166 cm³/mol. The minimum Gasteiger partial charge on any atom is -0.444 e. The molecule has 3 aliphatic heterocycles. The van der Waals surface area contributed by atoms with E-state index < -0.39 is 23.9 Å². The summed E-state index contributed by atoms with van der Waals surface area (Å²) in [5, 5.41) is 0. The molecule has 3 aromatic rings. The van der Waals surface area contributed by atoms with E-state index in [4.69, 9.17) is 14.0 Å². The second-order valence-electron chi connectivity index (χ2n) is 14.0. The zero-order valence-corrected chi connectivity index (χ0v) is 25.9. The first kappa shape index (κ1) is 29.0. The fourth-order valence-corrected chi connectivity index (χ4v) is 6.90. The first-order valence-corrected chi connectivity index (χ1v) is 15.1. The monoisotopic (exact) mass is 566 g/mol. The molecule has 3 aliphatic rings. The van der Waals surface area contributed by atoms with Gasteiger partial charge in [0.2, 0.25) is 0 Å². The second-order valence-corrected chi connectivity index (χ2v) is 14.0. The van der Waals surface area contributed by atoms with Crippen molar-refractivity contribution in [3.63, 3.8) is 0 Å². The number of carbonyl (C=O) groups is 1. The lowest BCUT2D eigenvalue weighted by atomic mass is 9.60. The van der Waals surface area contributed by atoms with Crippen LogP contribution in [0.4, 0.5) is 4.79 Å². The highest BCUT2D eigenvalue weighted by Crippen LogP contribution is 2.63. The highest BCUT2D eigenvalue weighted by molar-refractivity contribution is 6.48. The Morgan fingerprint density at radius 1 is 0.786 bits per heavy atom. The van der Waals surface area contributed by atoms with Gasteiger partial charge in [0.15, 0.2) is 0 Å². The van der Waals surface area contributed by atoms with Gasteiger partial charge in [0, 0.05) is 24.9 Å². The van der Waals surface area contributed by atoms with Crippen molar-refractivity contribution in [2.45, 2.75) is 102 Å². The number of hydrogen-bond acceptors (Lipinski definition) is 5. The molecule has 2 bridgehead atoms. The summed E-state index contributed by atoms with van der Waals surface area (Å²) in [6.45, 7) is 15.6. The van der Waals surface area contributed by atoms with Crippen molar-refractivity contribution in [3.05, 3.63) is 107 Å². The second kappa shape index (κ2) is 10.5. The number of amides is 1. The van der Waals surface area contributed by atoms with E-state index in [-0.39, 0.29) is 30.0 Å². The van der Waals surface area contributed by atoms with E-state index in [2.05, 4.69) is 118 Å². The molecule has 3 heterocycles. The zero-order valence-electron chi connectivity index (χ0n) is 25.9. The summed E-state index contributed by atoms with van der Waals surface area (Å²) in [6, 6.07) is 29.1. The number of nitrogens with zero attached hydrogens (tertiary/aromatic N) is 2. The first-order valence-electron chi connectivity index (χ1n) is 15.1. The third-order valence-electron chi connectivity index (χ3n) is 9.38. The molecule has 6 nitrogen and oxygen atoms in total. The fraction of sp³-hybridized carbons (Fsp3) is 0.457. The van der Waals surface area contributed by atoms with Crippen molar-refractivity contribution in [3.8, 4) is 0 Å². The molecule has 6 rings (SSSR count). The fourth-order valence-electron chi connectivity index (χ4n) is 6.90. The Morgan fingerprint density at radius 2 is 1.24 bits per heavy atom. The third-order valence-corrected chi connectivity index (χ3v) is 9.38. The van der Waals surface area contributed by atoms with Crippen molar-refractivity contribution in [2.75, 3.05) is 0 Å². The van der Waals surface area contributed by atoms with E-state index in [0.717, 1.165) is 18.7 Å². The SMILES string of the molecule is CC(C)(C)OC(=O)N1[C@@H]2c3ccccc3[C@H]1[C@H](N(Cc1ccccc1)Cc1ccccc1)[C@@H]2B1OC(C)(C)C(C)(C)O1. The summed E-state index contributed by atoms with van der Waals surface area (Å²) >= 11 is 0. The molecule has 1 amide bonds. The van der Waals surface area contributed by atoms with Gasteiger partial charge < -0.3 is 14.0 Å². The minimum absolute atomic E-state index is 0.0764. The van der Waals surface area contributed by atoms with Crippen LogP contribution in [0.25, 0.3) is 0 Å². The summed E-state index contributed by atoms with van der Waals surface area (Å²) < 4.78 is 19.7. The number of fused-ring (bicyclic) bond motifs is 5. The van der Waals surface area contributed by atoms with E-state index in [9.17, 15) is 4.79 Å². The van der Waals surface area contributed by atoms with Crippen LogP contribution in [0.2, 0.25) is 5.82 Å². The Balaban J connectivity index is 1.50. The van der Waals surface area contributed by atoms with Crippen LogP contribution in [-0.4, -0.2) is 45.9 Å². The maximum Gasteiger partial charge on any atom is 0.465 e. The van der Waals surface area contributed by atoms with Crippen LogP contribution in [0.5, 0.6) is 0 Å².